The van der Waals surface area contributed by atoms with Gasteiger partial charge in [0.15, 0.2) is 5.78 Å². The van der Waals surface area contributed by atoms with Crippen molar-refractivity contribution in [2.75, 3.05) is 19.7 Å². The van der Waals surface area contributed by atoms with Crippen molar-refractivity contribution in [2.45, 2.75) is 44.3 Å². The van der Waals surface area contributed by atoms with Crippen LogP contribution in [-0.2, 0) is 4.74 Å². The normalized spacial score (nSPS) is 25.4. The van der Waals surface area contributed by atoms with Gasteiger partial charge in [0.25, 0.3) is 0 Å². The molecule has 140 valence electrons. The van der Waals surface area contributed by atoms with E-state index in [9.17, 15) is 14.7 Å². The molecular weight excluding hydrogens is 334 g/mol. The molecule has 1 saturated carbocycles. The van der Waals surface area contributed by atoms with Crippen molar-refractivity contribution in [2.24, 2.45) is 11.8 Å². The van der Waals surface area contributed by atoms with Gasteiger partial charge in [-0.2, -0.15) is 0 Å². The third-order valence-corrected chi connectivity index (χ3v) is 5.80. The van der Waals surface area contributed by atoms with Crippen molar-refractivity contribution < 1.29 is 24.2 Å². The van der Waals surface area contributed by atoms with Crippen molar-refractivity contribution in [1.29, 1.82) is 0 Å². The second kappa shape index (κ2) is 6.58. The Balaban J connectivity index is 1.50. The summed E-state index contributed by atoms with van der Waals surface area (Å²) in [5, 5.41) is 10.3. The van der Waals surface area contributed by atoms with Gasteiger partial charge in [0, 0.05) is 25.9 Å². The number of aliphatic hydroxyl groups excluding tert-OH is 1. The Hall–Kier alpha value is -2.08. The van der Waals surface area contributed by atoms with Crippen LogP contribution >= 0.6 is 0 Å². The molecule has 1 N–H and O–H groups in total. The van der Waals surface area contributed by atoms with Gasteiger partial charge in [0.05, 0.1) is 24.2 Å². The Bertz CT molecular complexity index is 704. The van der Waals surface area contributed by atoms with E-state index in [1.54, 1.807) is 30.0 Å². The number of benzene rings is 1. The molecule has 6 nitrogen and oxygen atoms in total. The van der Waals surface area contributed by atoms with E-state index in [0.29, 0.717) is 49.8 Å². The molecule has 0 radical (unpaired) electrons. The number of piperidine rings is 1. The van der Waals surface area contributed by atoms with E-state index in [1.165, 1.54) is 0 Å². The molecule has 1 saturated heterocycles. The summed E-state index contributed by atoms with van der Waals surface area (Å²) in [6, 6.07) is 7.18. The van der Waals surface area contributed by atoms with Gasteiger partial charge >= 0.3 is 6.09 Å². The molecule has 1 aromatic rings. The van der Waals surface area contributed by atoms with Gasteiger partial charge in [-0.25, -0.2) is 4.79 Å². The van der Waals surface area contributed by atoms with Crippen molar-refractivity contribution >= 4 is 11.9 Å². The van der Waals surface area contributed by atoms with Crippen LogP contribution < -0.4 is 4.74 Å². The minimum Gasteiger partial charge on any atom is -0.486 e. The molecule has 2 atom stereocenters. The molecule has 1 aliphatic carbocycles. The Morgan fingerprint density at radius 2 is 2.04 bits per heavy atom. The maximum absolute atomic E-state index is 13.0. The van der Waals surface area contributed by atoms with Crippen LogP contribution in [0.3, 0.4) is 0 Å². The fourth-order valence-electron chi connectivity index (χ4n) is 4.15. The number of likely N-dealkylation sites (tertiary alicyclic amines) is 1. The third kappa shape index (κ3) is 3.07. The molecule has 0 aromatic heterocycles. The third-order valence-electron chi connectivity index (χ3n) is 5.80. The molecule has 2 aliphatic heterocycles. The predicted molar refractivity (Wildman–Crippen MR) is 94.2 cm³/mol. The van der Waals surface area contributed by atoms with E-state index in [1.807, 2.05) is 6.07 Å². The molecule has 3 aliphatic rings. The van der Waals surface area contributed by atoms with Gasteiger partial charge in [-0.3, -0.25) is 4.79 Å². The molecule has 1 amide bonds. The van der Waals surface area contributed by atoms with Crippen LogP contribution in [0.4, 0.5) is 4.79 Å². The van der Waals surface area contributed by atoms with Gasteiger partial charge < -0.3 is 19.5 Å². The van der Waals surface area contributed by atoms with Crippen LogP contribution in [0, 0.1) is 11.8 Å². The Morgan fingerprint density at radius 1 is 1.35 bits per heavy atom. The molecule has 0 bridgehead atoms. The van der Waals surface area contributed by atoms with E-state index in [0.717, 1.165) is 12.8 Å². The number of fused-ring (bicyclic) bond motifs is 1. The second-order valence-corrected chi connectivity index (χ2v) is 7.75. The zero-order valence-corrected chi connectivity index (χ0v) is 15.0. The van der Waals surface area contributed by atoms with Gasteiger partial charge in [-0.05, 0) is 37.8 Å². The average molecular weight is 359 g/mol. The number of para-hydroxylation sites is 1. The molecule has 4 rings (SSSR count). The van der Waals surface area contributed by atoms with Crippen LogP contribution in [0.15, 0.2) is 24.3 Å². The highest BCUT2D eigenvalue weighted by molar-refractivity contribution is 6.02. The largest absolute Gasteiger partial charge is 0.486 e. The number of aliphatic hydroxyl groups is 1. The summed E-state index contributed by atoms with van der Waals surface area (Å²) in [6.45, 7) is 3.06. The summed E-state index contributed by atoms with van der Waals surface area (Å²) in [5.41, 5.74) is -0.248. The van der Waals surface area contributed by atoms with Crippen LogP contribution in [0.1, 0.15) is 43.0 Å². The highest BCUT2D eigenvalue weighted by Gasteiger charge is 2.53. The monoisotopic (exact) mass is 359 g/mol. The first kappa shape index (κ1) is 17.3. The van der Waals surface area contributed by atoms with Crippen LogP contribution in [0.25, 0.3) is 0 Å². The van der Waals surface area contributed by atoms with Crippen molar-refractivity contribution in [1.82, 2.24) is 4.90 Å². The first-order valence-electron chi connectivity index (χ1n) is 9.42. The van der Waals surface area contributed by atoms with Gasteiger partial charge in [-0.15, -0.1) is 0 Å². The van der Waals surface area contributed by atoms with E-state index in [4.69, 9.17) is 9.47 Å². The topological polar surface area (TPSA) is 76.1 Å². The zero-order valence-electron chi connectivity index (χ0n) is 15.0. The summed E-state index contributed by atoms with van der Waals surface area (Å²) in [7, 11) is 0. The number of ether oxygens (including phenoxy) is 2. The first-order valence-corrected chi connectivity index (χ1v) is 9.42. The highest BCUT2D eigenvalue weighted by atomic mass is 16.6. The molecule has 2 heterocycles. The summed E-state index contributed by atoms with van der Waals surface area (Å²) in [6.07, 6.45) is 2.18. The van der Waals surface area contributed by atoms with Crippen LogP contribution in [0.5, 0.6) is 5.75 Å². The van der Waals surface area contributed by atoms with E-state index < -0.39 is 17.6 Å². The fraction of sp³-hybridized carbons (Fsp3) is 0.600. The SMILES string of the molecule is CC(O)C1C(=O)c2ccccc2OC12CCN(C(=O)OCC1CC1)CC2. The van der Waals surface area contributed by atoms with E-state index >= 15 is 0 Å². The lowest BCUT2D eigenvalue weighted by Gasteiger charge is -2.48. The number of hydrogen-bond acceptors (Lipinski definition) is 5. The smallest absolute Gasteiger partial charge is 0.409 e. The standard InChI is InChI=1S/C20H25NO5/c1-13(22)17-18(23)15-4-2-3-5-16(15)26-20(17)8-10-21(11-9-20)19(24)25-12-14-6-7-14/h2-5,13-14,17,22H,6-12H2,1H3. The summed E-state index contributed by atoms with van der Waals surface area (Å²) >= 11 is 0. The molecule has 6 heteroatoms. The minimum absolute atomic E-state index is 0.0772. The summed E-state index contributed by atoms with van der Waals surface area (Å²) in [4.78, 5) is 26.9. The lowest BCUT2D eigenvalue weighted by Crippen LogP contribution is -2.60. The molecule has 2 unspecified atom stereocenters. The number of carbonyl (C=O) groups is 2. The number of carbonyl (C=O) groups excluding carboxylic acids is 2. The number of Topliss-reactive ketones (excluding diaryl/α,β-unsaturated/α-hetero) is 1. The van der Waals surface area contributed by atoms with E-state index in [-0.39, 0.29) is 11.9 Å². The molecule has 1 aromatic carbocycles. The summed E-state index contributed by atoms with van der Waals surface area (Å²) in [5.74, 6) is 0.401. The van der Waals surface area contributed by atoms with Gasteiger partial charge in [0.1, 0.15) is 11.4 Å². The quantitative estimate of drug-likeness (QED) is 0.898. The number of hydrogen-bond donors (Lipinski definition) is 1. The lowest BCUT2D eigenvalue weighted by atomic mass is 9.71. The maximum Gasteiger partial charge on any atom is 0.409 e. The Labute approximate surface area is 153 Å². The molecule has 1 spiro atoms. The first-order chi connectivity index (χ1) is 12.5. The second-order valence-electron chi connectivity index (χ2n) is 7.75. The number of rotatable bonds is 3. The van der Waals surface area contributed by atoms with Crippen LogP contribution in [0.2, 0.25) is 0 Å². The molecule has 2 fully saturated rings. The van der Waals surface area contributed by atoms with Crippen molar-refractivity contribution in [3.05, 3.63) is 29.8 Å². The Kier molecular flexibility index (Phi) is 4.39. The highest BCUT2D eigenvalue weighted by Crippen LogP contribution is 2.44. The van der Waals surface area contributed by atoms with E-state index in [2.05, 4.69) is 0 Å². The maximum atomic E-state index is 13.0. The molecular formula is C20H25NO5. The fourth-order valence-corrected chi connectivity index (χ4v) is 4.15. The number of ketones is 1. The zero-order chi connectivity index (χ0) is 18.3. The predicted octanol–water partition coefficient (Wildman–Crippen LogP) is 2.64. The van der Waals surface area contributed by atoms with Crippen molar-refractivity contribution in [3.8, 4) is 5.75 Å². The minimum atomic E-state index is -0.816. The summed E-state index contributed by atoms with van der Waals surface area (Å²) < 4.78 is 11.6. The molecule has 26 heavy (non-hydrogen) atoms. The van der Waals surface area contributed by atoms with Gasteiger partial charge in [0.2, 0.25) is 0 Å². The number of amides is 1. The van der Waals surface area contributed by atoms with Gasteiger partial charge in [-0.1, -0.05) is 12.1 Å². The lowest BCUT2D eigenvalue weighted by molar-refractivity contribution is -0.0733. The van der Waals surface area contributed by atoms with Crippen LogP contribution in [-0.4, -0.2) is 53.3 Å². The van der Waals surface area contributed by atoms with Crippen molar-refractivity contribution in [3.63, 3.8) is 0 Å². The number of nitrogens with zero attached hydrogens (tertiary/aromatic N) is 1. The Morgan fingerprint density at radius 3 is 2.69 bits per heavy atom. The average Bonchev–Trinajstić information content (AvgIpc) is 3.44.